The number of ketones is 1. The summed E-state index contributed by atoms with van der Waals surface area (Å²) in [5, 5.41) is 0. The lowest BCUT2D eigenvalue weighted by Crippen LogP contribution is -2.29. The molecule has 1 aromatic carbocycles. The molecule has 0 radical (unpaired) electrons. The van der Waals surface area contributed by atoms with Crippen LogP contribution in [0.4, 0.5) is 29.3 Å². The minimum absolute atomic E-state index is 0.00329. The normalized spacial score (nSPS) is 19.2. The average Bonchev–Trinajstić information content (AvgIpc) is 3.04. The van der Waals surface area contributed by atoms with E-state index in [1.165, 1.54) is 13.3 Å². The Hall–Kier alpha value is -3.04. The van der Waals surface area contributed by atoms with Crippen molar-refractivity contribution < 1.29 is 37.0 Å². The Morgan fingerprint density at radius 1 is 1.29 bits per heavy atom. The van der Waals surface area contributed by atoms with Crippen molar-refractivity contribution in [1.82, 2.24) is 0 Å². The maximum absolute atomic E-state index is 14.6. The maximum atomic E-state index is 14.6. The zero-order valence-corrected chi connectivity index (χ0v) is 14.9. The third-order valence-corrected chi connectivity index (χ3v) is 4.50. The standard InChI is InChI=1S/C18H17F3N2O5/c1-27-14(25)3-2-11-9-23(18(26)28-11)13-8-12(19)17(16(21)15(13)20)22-6-4-10(24)5-7-22/h4,6,8,11H,2-3,5,7,9H2,1H3/t11-/m0/s1. The number of benzene rings is 1. The van der Waals surface area contributed by atoms with Gasteiger partial charge in [-0.3, -0.25) is 14.5 Å². The quantitative estimate of drug-likeness (QED) is 0.561. The van der Waals surface area contributed by atoms with Gasteiger partial charge < -0.3 is 14.4 Å². The highest BCUT2D eigenvalue weighted by Crippen LogP contribution is 2.35. The highest BCUT2D eigenvalue weighted by atomic mass is 19.2. The number of allylic oxidation sites excluding steroid dienone is 1. The molecule has 28 heavy (non-hydrogen) atoms. The van der Waals surface area contributed by atoms with Crippen LogP contribution in [-0.2, 0) is 19.1 Å². The van der Waals surface area contributed by atoms with Crippen LogP contribution in [0, 0.1) is 17.5 Å². The fraction of sp³-hybridized carbons (Fsp3) is 0.389. The predicted octanol–water partition coefficient (Wildman–Crippen LogP) is 2.68. The third kappa shape index (κ3) is 3.80. The van der Waals surface area contributed by atoms with Crippen LogP contribution in [-0.4, -0.2) is 44.1 Å². The molecule has 150 valence electrons. The molecule has 0 spiro atoms. The first kappa shape index (κ1) is 19.7. The van der Waals surface area contributed by atoms with E-state index < -0.39 is 47.0 Å². The van der Waals surface area contributed by atoms with Gasteiger partial charge in [-0.15, -0.1) is 0 Å². The van der Waals surface area contributed by atoms with Crippen molar-refractivity contribution >= 4 is 29.2 Å². The lowest BCUT2D eigenvalue weighted by atomic mass is 10.1. The molecule has 0 bridgehead atoms. The molecule has 1 saturated heterocycles. The zero-order valence-electron chi connectivity index (χ0n) is 14.9. The Labute approximate surface area is 158 Å². The number of hydrogen-bond donors (Lipinski definition) is 0. The Morgan fingerprint density at radius 2 is 2.04 bits per heavy atom. The third-order valence-electron chi connectivity index (χ3n) is 4.50. The van der Waals surface area contributed by atoms with Crippen molar-refractivity contribution in [2.75, 3.05) is 30.0 Å². The van der Waals surface area contributed by atoms with Crippen molar-refractivity contribution in [2.45, 2.75) is 25.4 Å². The molecule has 7 nitrogen and oxygen atoms in total. The van der Waals surface area contributed by atoms with Gasteiger partial charge in [-0.2, -0.15) is 0 Å². The number of halogens is 3. The van der Waals surface area contributed by atoms with Crippen LogP contribution in [0.1, 0.15) is 19.3 Å². The monoisotopic (exact) mass is 398 g/mol. The van der Waals surface area contributed by atoms with E-state index in [0.29, 0.717) is 6.07 Å². The Balaban J connectivity index is 1.83. The average molecular weight is 398 g/mol. The molecule has 10 heteroatoms. The molecule has 1 atom stereocenters. The SMILES string of the molecule is COC(=O)CC[C@H]1CN(c2cc(F)c(N3C=CC(=O)CC3)c(F)c2F)C(=O)O1. The van der Waals surface area contributed by atoms with E-state index in [1.807, 2.05) is 0 Å². The number of rotatable bonds is 5. The summed E-state index contributed by atoms with van der Waals surface area (Å²) in [5.41, 5.74) is -1.24. The summed E-state index contributed by atoms with van der Waals surface area (Å²) in [7, 11) is 1.21. The minimum Gasteiger partial charge on any atom is -0.469 e. The molecular formula is C18H17F3N2O5. The number of ether oxygens (including phenoxy) is 2. The largest absolute Gasteiger partial charge is 0.469 e. The number of nitrogens with zero attached hydrogens (tertiary/aromatic N) is 2. The molecule has 0 unspecified atom stereocenters. The first-order valence-corrected chi connectivity index (χ1v) is 8.52. The minimum atomic E-state index is -1.47. The molecule has 0 N–H and O–H groups in total. The highest BCUT2D eigenvalue weighted by molar-refractivity contribution is 5.92. The van der Waals surface area contributed by atoms with Crippen molar-refractivity contribution in [2.24, 2.45) is 0 Å². The lowest BCUT2D eigenvalue weighted by Gasteiger charge is -2.25. The van der Waals surface area contributed by atoms with E-state index in [4.69, 9.17) is 4.74 Å². The second-order valence-electron chi connectivity index (χ2n) is 6.31. The summed E-state index contributed by atoms with van der Waals surface area (Å²) in [6.45, 7) is -0.160. The summed E-state index contributed by atoms with van der Waals surface area (Å²) in [4.78, 5) is 36.3. The number of cyclic esters (lactones) is 1. The van der Waals surface area contributed by atoms with E-state index in [2.05, 4.69) is 4.74 Å². The first-order chi connectivity index (χ1) is 13.3. The van der Waals surface area contributed by atoms with Crippen LogP contribution < -0.4 is 9.80 Å². The van der Waals surface area contributed by atoms with Crippen molar-refractivity contribution in [3.05, 3.63) is 35.8 Å². The van der Waals surface area contributed by atoms with Crippen LogP contribution in [0.25, 0.3) is 0 Å². The number of amides is 1. The molecule has 2 aliphatic rings. The van der Waals surface area contributed by atoms with Gasteiger partial charge in [0, 0.05) is 31.7 Å². The fourth-order valence-corrected chi connectivity index (χ4v) is 3.03. The number of esters is 1. The zero-order chi connectivity index (χ0) is 20.4. The lowest BCUT2D eigenvalue weighted by molar-refractivity contribution is -0.141. The van der Waals surface area contributed by atoms with Crippen LogP contribution in [0.3, 0.4) is 0 Å². The van der Waals surface area contributed by atoms with Crippen LogP contribution in [0.15, 0.2) is 18.3 Å². The topological polar surface area (TPSA) is 76.2 Å². The van der Waals surface area contributed by atoms with Gasteiger partial charge in [0.2, 0.25) is 0 Å². The van der Waals surface area contributed by atoms with E-state index >= 15 is 0 Å². The Bertz CT molecular complexity index is 858. The molecular weight excluding hydrogens is 381 g/mol. The summed E-state index contributed by atoms with van der Waals surface area (Å²) in [5.74, 6) is -4.67. The number of carbonyl (C=O) groups excluding carboxylic acids is 3. The Kier molecular flexibility index (Phi) is 5.57. The van der Waals surface area contributed by atoms with Gasteiger partial charge in [-0.1, -0.05) is 0 Å². The van der Waals surface area contributed by atoms with E-state index in [1.54, 1.807) is 0 Å². The van der Waals surface area contributed by atoms with E-state index in [0.717, 1.165) is 15.9 Å². The van der Waals surface area contributed by atoms with Gasteiger partial charge in [0.15, 0.2) is 23.2 Å². The summed E-state index contributed by atoms with van der Waals surface area (Å²) >= 11 is 0. The second kappa shape index (κ2) is 7.91. The van der Waals surface area contributed by atoms with Gasteiger partial charge in [-0.25, -0.2) is 18.0 Å². The fourth-order valence-electron chi connectivity index (χ4n) is 3.03. The number of methoxy groups -OCH3 is 1. The first-order valence-electron chi connectivity index (χ1n) is 8.52. The molecule has 0 aromatic heterocycles. The molecule has 0 saturated carbocycles. The smallest absolute Gasteiger partial charge is 0.414 e. The predicted molar refractivity (Wildman–Crippen MR) is 91.3 cm³/mol. The molecule has 1 aromatic rings. The van der Waals surface area contributed by atoms with Gasteiger partial charge in [0.05, 0.1) is 19.3 Å². The Morgan fingerprint density at radius 3 is 2.68 bits per heavy atom. The van der Waals surface area contributed by atoms with E-state index in [9.17, 15) is 27.6 Å². The van der Waals surface area contributed by atoms with Crippen LogP contribution in [0.5, 0.6) is 0 Å². The number of carbonyl (C=O) groups is 3. The number of anilines is 2. The second-order valence-corrected chi connectivity index (χ2v) is 6.31. The highest BCUT2D eigenvalue weighted by Gasteiger charge is 2.36. The molecule has 2 heterocycles. The van der Waals surface area contributed by atoms with Gasteiger partial charge in [0.1, 0.15) is 11.8 Å². The summed E-state index contributed by atoms with van der Waals surface area (Å²) in [6, 6.07) is 0.710. The molecule has 1 amide bonds. The summed E-state index contributed by atoms with van der Waals surface area (Å²) < 4.78 is 53.2. The molecule has 0 aliphatic carbocycles. The van der Waals surface area contributed by atoms with Crippen molar-refractivity contribution in [1.29, 1.82) is 0 Å². The van der Waals surface area contributed by atoms with Crippen molar-refractivity contribution in [3.8, 4) is 0 Å². The van der Waals surface area contributed by atoms with Crippen molar-refractivity contribution in [3.63, 3.8) is 0 Å². The van der Waals surface area contributed by atoms with E-state index in [-0.39, 0.29) is 38.1 Å². The molecule has 3 rings (SSSR count). The number of hydrogen-bond acceptors (Lipinski definition) is 6. The molecule has 2 aliphatic heterocycles. The maximum Gasteiger partial charge on any atom is 0.414 e. The summed E-state index contributed by atoms with van der Waals surface area (Å²) in [6.07, 6.45) is 0.770. The van der Waals surface area contributed by atoms with Gasteiger partial charge in [-0.05, 0) is 12.5 Å². The molecule has 1 fully saturated rings. The van der Waals surface area contributed by atoms with Gasteiger partial charge >= 0.3 is 12.1 Å². The van der Waals surface area contributed by atoms with Crippen LogP contribution >= 0.6 is 0 Å². The van der Waals surface area contributed by atoms with Gasteiger partial charge in [0.25, 0.3) is 0 Å². The van der Waals surface area contributed by atoms with Crippen LogP contribution in [0.2, 0.25) is 0 Å².